The Labute approximate surface area is 99.1 Å². The summed E-state index contributed by atoms with van der Waals surface area (Å²) in [5.74, 6) is -0.906. The molecular weight excluding hydrogens is 223 g/mol. The molecule has 92 valence electrons. The molecule has 2 unspecified atom stereocenters. The number of nitrogens with zero attached hydrogens (tertiary/aromatic N) is 2. The highest BCUT2D eigenvalue weighted by Gasteiger charge is 2.35. The van der Waals surface area contributed by atoms with E-state index in [1.807, 2.05) is 6.92 Å². The third kappa shape index (κ3) is 2.15. The van der Waals surface area contributed by atoms with Crippen LogP contribution in [0.1, 0.15) is 23.7 Å². The summed E-state index contributed by atoms with van der Waals surface area (Å²) >= 11 is 0. The van der Waals surface area contributed by atoms with Crippen LogP contribution in [0.3, 0.4) is 0 Å². The summed E-state index contributed by atoms with van der Waals surface area (Å²) < 4.78 is 13.4. The van der Waals surface area contributed by atoms with Crippen molar-refractivity contribution in [2.45, 2.75) is 19.4 Å². The highest BCUT2D eigenvalue weighted by atomic mass is 19.1. The molecule has 0 aliphatic carbocycles. The maximum atomic E-state index is 13.4. The first kappa shape index (κ1) is 12.0. The van der Waals surface area contributed by atoms with Gasteiger partial charge in [-0.1, -0.05) is 6.92 Å². The second-order valence-electron chi connectivity index (χ2n) is 4.36. The van der Waals surface area contributed by atoms with E-state index >= 15 is 0 Å². The molecule has 1 aromatic heterocycles. The van der Waals surface area contributed by atoms with Crippen molar-refractivity contribution in [3.8, 4) is 0 Å². The number of pyridine rings is 1. The van der Waals surface area contributed by atoms with Gasteiger partial charge in [0.1, 0.15) is 0 Å². The van der Waals surface area contributed by atoms with Crippen molar-refractivity contribution in [1.82, 2.24) is 9.88 Å². The largest absolute Gasteiger partial charge is 0.394 e. The van der Waals surface area contributed by atoms with Gasteiger partial charge in [0.25, 0.3) is 5.91 Å². The fraction of sp³-hybridized carbons (Fsp3) is 0.500. The van der Waals surface area contributed by atoms with Crippen LogP contribution < -0.4 is 0 Å². The molecule has 17 heavy (non-hydrogen) atoms. The van der Waals surface area contributed by atoms with Gasteiger partial charge in [-0.15, -0.1) is 0 Å². The van der Waals surface area contributed by atoms with Gasteiger partial charge in [-0.05, 0) is 24.5 Å². The van der Waals surface area contributed by atoms with Gasteiger partial charge in [0.15, 0.2) is 0 Å². The van der Waals surface area contributed by atoms with Crippen LogP contribution >= 0.6 is 0 Å². The molecule has 1 saturated heterocycles. The van der Waals surface area contributed by atoms with Crippen molar-refractivity contribution >= 4 is 5.91 Å². The lowest BCUT2D eigenvalue weighted by Crippen LogP contribution is -2.40. The molecule has 5 heteroatoms. The Morgan fingerprint density at radius 2 is 2.47 bits per heavy atom. The normalized spacial score (nSPS) is 24.1. The maximum Gasteiger partial charge on any atom is 0.258 e. The van der Waals surface area contributed by atoms with Crippen LogP contribution in [-0.2, 0) is 0 Å². The molecule has 2 rings (SSSR count). The van der Waals surface area contributed by atoms with E-state index in [0.717, 1.165) is 6.42 Å². The number of aliphatic hydroxyl groups excluding tert-OH is 1. The Hall–Kier alpha value is -1.49. The van der Waals surface area contributed by atoms with E-state index < -0.39 is 5.95 Å². The van der Waals surface area contributed by atoms with Gasteiger partial charge in [0.05, 0.1) is 18.2 Å². The molecule has 0 radical (unpaired) electrons. The standard InChI is InChI=1S/C12H15FN2O2/c1-8-4-6-15(10(8)7-16)12(17)9-3-2-5-14-11(9)13/h2-3,5,8,10,16H,4,6-7H2,1H3. The first-order valence-corrected chi connectivity index (χ1v) is 5.67. The minimum atomic E-state index is -0.756. The summed E-state index contributed by atoms with van der Waals surface area (Å²) in [6.45, 7) is 2.45. The monoisotopic (exact) mass is 238 g/mol. The number of rotatable bonds is 2. The lowest BCUT2D eigenvalue weighted by atomic mass is 10.0. The molecule has 1 N–H and O–H groups in total. The van der Waals surface area contributed by atoms with Crippen molar-refractivity contribution in [2.24, 2.45) is 5.92 Å². The molecule has 1 aliphatic rings. The van der Waals surface area contributed by atoms with E-state index in [9.17, 15) is 14.3 Å². The fourth-order valence-corrected chi connectivity index (χ4v) is 2.24. The Balaban J connectivity index is 2.24. The van der Waals surface area contributed by atoms with E-state index in [4.69, 9.17) is 0 Å². The quantitative estimate of drug-likeness (QED) is 0.784. The smallest absolute Gasteiger partial charge is 0.258 e. The predicted octanol–water partition coefficient (Wildman–Crippen LogP) is 1.06. The number of likely N-dealkylation sites (tertiary alicyclic amines) is 1. The van der Waals surface area contributed by atoms with Gasteiger partial charge in [-0.25, -0.2) is 4.98 Å². The summed E-state index contributed by atoms with van der Waals surface area (Å²) in [6.07, 6.45) is 2.14. The maximum absolute atomic E-state index is 13.4. The predicted molar refractivity (Wildman–Crippen MR) is 59.9 cm³/mol. The van der Waals surface area contributed by atoms with Gasteiger partial charge in [0.2, 0.25) is 5.95 Å². The second kappa shape index (κ2) is 4.79. The van der Waals surface area contributed by atoms with Gasteiger partial charge >= 0.3 is 0 Å². The lowest BCUT2D eigenvalue weighted by molar-refractivity contribution is 0.0642. The van der Waals surface area contributed by atoms with Crippen molar-refractivity contribution < 1.29 is 14.3 Å². The summed E-state index contributed by atoms with van der Waals surface area (Å²) in [5.41, 5.74) is -0.0277. The van der Waals surface area contributed by atoms with Crippen molar-refractivity contribution in [3.05, 3.63) is 29.8 Å². The molecule has 1 aliphatic heterocycles. The Kier molecular flexibility index (Phi) is 3.38. The van der Waals surface area contributed by atoms with Gasteiger partial charge in [-0.3, -0.25) is 4.79 Å². The van der Waals surface area contributed by atoms with Crippen LogP contribution in [0.4, 0.5) is 4.39 Å². The highest BCUT2D eigenvalue weighted by molar-refractivity contribution is 5.94. The minimum absolute atomic E-state index is 0.0277. The van der Waals surface area contributed by atoms with Crippen LogP contribution in [0.25, 0.3) is 0 Å². The first-order valence-electron chi connectivity index (χ1n) is 5.67. The van der Waals surface area contributed by atoms with E-state index in [1.165, 1.54) is 23.2 Å². The number of carbonyl (C=O) groups excluding carboxylic acids is 1. The zero-order chi connectivity index (χ0) is 12.4. The number of aliphatic hydroxyl groups is 1. The Morgan fingerprint density at radius 3 is 3.12 bits per heavy atom. The Morgan fingerprint density at radius 1 is 1.71 bits per heavy atom. The van der Waals surface area contributed by atoms with E-state index in [-0.39, 0.29) is 30.0 Å². The summed E-state index contributed by atoms with van der Waals surface area (Å²) in [5, 5.41) is 9.27. The molecule has 0 aromatic carbocycles. The number of carbonyl (C=O) groups is 1. The average molecular weight is 238 g/mol. The fourth-order valence-electron chi connectivity index (χ4n) is 2.24. The SMILES string of the molecule is CC1CCN(C(=O)c2cccnc2F)C1CO. The summed E-state index contributed by atoms with van der Waals surface area (Å²) in [6, 6.07) is 2.73. The van der Waals surface area contributed by atoms with Crippen LogP contribution in [-0.4, -0.2) is 40.1 Å². The topological polar surface area (TPSA) is 53.4 Å². The van der Waals surface area contributed by atoms with Gasteiger partial charge in [0, 0.05) is 12.7 Å². The van der Waals surface area contributed by atoms with Crippen LogP contribution in [0.15, 0.2) is 18.3 Å². The van der Waals surface area contributed by atoms with E-state index in [2.05, 4.69) is 4.98 Å². The highest BCUT2D eigenvalue weighted by Crippen LogP contribution is 2.25. The molecule has 1 aromatic rings. The van der Waals surface area contributed by atoms with Crippen molar-refractivity contribution in [1.29, 1.82) is 0 Å². The van der Waals surface area contributed by atoms with Crippen molar-refractivity contribution in [2.75, 3.05) is 13.2 Å². The number of aromatic nitrogens is 1. The van der Waals surface area contributed by atoms with Crippen LogP contribution in [0, 0.1) is 11.9 Å². The molecule has 0 saturated carbocycles. The molecule has 2 atom stereocenters. The number of amides is 1. The van der Waals surface area contributed by atoms with Gasteiger partial charge < -0.3 is 10.0 Å². The zero-order valence-corrected chi connectivity index (χ0v) is 9.64. The molecule has 1 amide bonds. The third-order valence-electron chi connectivity index (χ3n) is 3.32. The lowest BCUT2D eigenvalue weighted by Gasteiger charge is -2.25. The first-order chi connectivity index (χ1) is 8.15. The number of halogens is 1. The molecule has 4 nitrogen and oxygen atoms in total. The molecule has 0 spiro atoms. The molecular formula is C12H15FN2O2. The number of hydrogen-bond donors (Lipinski definition) is 1. The zero-order valence-electron chi connectivity index (χ0n) is 9.64. The summed E-state index contributed by atoms with van der Waals surface area (Å²) in [4.78, 5) is 17.1. The molecule has 2 heterocycles. The molecule has 1 fully saturated rings. The van der Waals surface area contributed by atoms with Crippen LogP contribution in [0.5, 0.6) is 0 Å². The molecule has 0 bridgehead atoms. The minimum Gasteiger partial charge on any atom is -0.394 e. The Bertz CT molecular complexity index is 425. The second-order valence-corrected chi connectivity index (χ2v) is 4.36. The summed E-state index contributed by atoms with van der Waals surface area (Å²) in [7, 11) is 0. The van der Waals surface area contributed by atoms with E-state index in [1.54, 1.807) is 0 Å². The third-order valence-corrected chi connectivity index (χ3v) is 3.32. The van der Waals surface area contributed by atoms with Crippen molar-refractivity contribution in [3.63, 3.8) is 0 Å². The average Bonchev–Trinajstić information content (AvgIpc) is 2.70. The van der Waals surface area contributed by atoms with Gasteiger partial charge in [-0.2, -0.15) is 4.39 Å². The van der Waals surface area contributed by atoms with Crippen LogP contribution in [0.2, 0.25) is 0 Å². The number of hydrogen-bond acceptors (Lipinski definition) is 3. The van der Waals surface area contributed by atoms with E-state index in [0.29, 0.717) is 6.54 Å².